The van der Waals surface area contributed by atoms with E-state index >= 15 is 0 Å². The number of hydrogen-bond donors (Lipinski definition) is 38. The molecule has 2 amide bonds. The number of carbonyl (C=O) groups excluding carboxylic acids is 2. The first-order valence-corrected chi connectivity index (χ1v) is 44.2. The van der Waals surface area contributed by atoms with Crippen molar-refractivity contribution in [1.29, 1.82) is 0 Å². The standard InChI is InChI=1S/C76H128N2O61/c1-15(89)77-29-41(101)56(25(11-87)119-65(29)116)131-66-30(78-16(2)90)42(102)57(26(12-88)128-66)132-71-55(115)59(134-74-64(50(110)38(98)22(8-84)125-74)139-76-63(49(109)37(97)24(10-86)127-76)137-70-53(113)45(105)33(93)19(5-81)122-70)40(100)28(130-71)13-117-67-54(114)58(133-73-61(47(107)35(95)21(7-83)124-73)135-68-51(111)43(103)31(91)17(3-79)120-68)39(99)27(129-67)14-118-72-60(46(106)34(94)20(6-82)123-72)138-75-62(48(108)36(96)23(9-85)126-75)136-69-52(112)44(104)32(92)18(4-80)121-69/h17-76,79-88,91-116H,3-14H2,1-2H3,(H,77,89)(H,78,90)/t17-,18-,19-,20-,21-,22-,23-,24-,25-,26-,27-,28-,29-,30-,31-,32-,33-,34-,35-,36-,37-,38-,39-,40-,41-,42-,43+,44+,45+,46+,47+,48+,49+,50+,51+,52+,53-,54+,55+,56-,57-,58+,59+,60+,61+,62+,63+,64+,65-,66+,67+,68-,69-,70-,71+,72+,73-,74-,75-,76-/m1/s1. The molecule has 0 radical (unpaired) electrons. The van der Waals surface area contributed by atoms with E-state index in [1.54, 1.807) is 0 Å². The summed E-state index contributed by atoms with van der Waals surface area (Å²) in [4.78, 5) is 25.5. The van der Waals surface area contributed by atoms with Gasteiger partial charge in [-0.1, -0.05) is 0 Å². The molecule has 38 N–H and O–H groups in total. The zero-order valence-corrected chi connectivity index (χ0v) is 73.4. The molecule has 808 valence electrons. The summed E-state index contributed by atoms with van der Waals surface area (Å²) in [5, 5.41) is 408. The highest BCUT2D eigenvalue weighted by atomic mass is 16.8. The molecular weight excluding hydrogens is 1920 g/mol. The van der Waals surface area contributed by atoms with Crippen LogP contribution in [0, 0.1) is 0 Å². The highest BCUT2D eigenvalue weighted by Crippen LogP contribution is 2.43. The van der Waals surface area contributed by atoms with Gasteiger partial charge in [0.1, 0.15) is 293 Å². The Morgan fingerprint density at radius 1 is 0.187 bits per heavy atom. The maximum Gasteiger partial charge on any atom is 0.217 e. The van der Waals surface area contributed by atoms with E-state index in [2.05, 4.69) is 10.6 Å². The van der Waals surface area contributed by atoms with E-state index in [0.29, 0.717) is 0 Å². The molecule has 0 aromatic carbocycles. The van der Waals surface area contributed by atoms with Crippen LogP contribution >= 0.6 is 0 Å². The molecule has 12 heterocycles. The predicted octanol–water partition coefficient (Wildman–Crippen LogP) is -26.9. The lowest BCUT2D eigenvalue weighted by atomic mass is 9.94. The molecule has 0 saturated carbocycles. The maximum absolute atomic E-state index is 13.2. The molecule has 139 heavy (non-hydrogen) atoms. The molecular formula is C76H128N2O61. The highest BCUT2D eigenvalue weighted by molar-refractivity contribution is 5.73. The van der Waals surface area contributed by atoms with Gasteiger partial charge in [0, 0.05) is 13.8 Å². The van der Waals surface area contributed by atoms with Gasteiger partial charge in [-0.3, -0.25) is 9.59 Å². The molecule has 12 fully saturated rings. The van der Waals surface area contributed by atoms with Crippen molar-refractivity contribution in [2.75, 3.05) is 79.3 Å². The molecule has 0 aliphatic carbocycles. The SMILES string of the molecule is CC(=O)N[C@@H]1[C@@H](O)[C@H](O[C@@H]2O[C@H](CO)[C@@H](O[C@@H]3O[C@H](CO[C@H]4O[C@H](CO[C@H]5O[C@H](CO)[C@@H](O)[C@H](O)[C@@H]5O[C@H]5O[C@H](CO)[C@@H](O)[C@H](O)[C@@H]5O[C@H]5O[C@H](CO)[C@@H](O)[C@H](O)[C@@H]5O)[C@@H](O)[C@H](O[C@H]5O[C@H](CO)[C@@H](O)[C@H](O)[C@@H]5O[C@H]5O[C@H](CO)[C@@H](O)[C@H](O)[C@@H]5O)[C@@H]4O)[C@@H](O)[C@H](O[C@H]4O[C@H](CO)[C@@H](O)[C@H](O)[C@@H]4O[C@H]4O[C@H](CO)[C@@H](O)[C@H](O)[C@@H]4O[C@H]4O[C@H](CO)[C@@H](O)[C@H](O)[C@H]4O)[C@@H]3O)[C@H](O)[C@H]2NC(C)=O)[C@@H](CO)O[C@H]1O. The Bertz CT molecular complexity index is 3730. The fraction of sp³-hybridized carbons (Fsp3) is 0.974. The van der Waals surface area contributed by atoms with Crippen molar-refractivity contribution in [1.82, 2.24) is 10.6 Å². The van der Waals surface area contributed by atoms with Crippen LogP contribution in [0.4, 0.5) is 0 Å². The molecule has 0 aromatic rings. The Kier molecular flexibility index (Phi) is 41.0. The smallest absolute Gasteiger partial charge is 0.217 e. The third-order valence-corrected chi connectivity index (χ3v) is 25.9. The molecule has 60 atom stereocenters. The van der Waals surface area contributed by atoms with E-state index in [1.165, 1.54) is 0 Å². The Balaban J connectivity index is 0.912. The van der Waals surface area contributed by atoms with Gasteiger partial charge < -0.3 is 303 Å². The average molecular weight is 2050 g/mol. The van der Waals surface area contributed by atoms with Gasteiger partial charge in [0.25, 0.3) is 0 Å². The van der Waals surface area contributed by atoms with Crippen molar-refractivity contribution in [3.63, 3.8) is 0 Å². The normalized spacial score (nSPS) is 51.9. The van der Waals surface area contributed by atoms with Crippen molar-refractivity contribution in [3.05, 3.63) is 0 Å². The van der Waals surface area contributed by atoms with Crippen LogP contribution in [-0.2, 0) is 119 Å². The fourth-order valence-corrected chi connectivity index (χ4v) is 17.9. The van der Waals surface area contributed by atoms with E-state index in [1.807, 2.05) is 0 Å². The van der Waals surface area contributed by atoms with Crippen molar-refractivity contribution < 1.29 is 302 Å². The average Bonchev–Trinajstić information content (AvgIpc) is 0.758. The van der Waals surface area contributed by atoms with Crippen LogP contribution in [0.5, 0.6) is 0 Å². The van der Waals surface area contributed by atoms with Crippen LogP contribution < -0.4 is 10.6 Å². The number of amides is 2. The number of aliphatic hydroxyl groups is 36. The highest BCUT2D eigenvalue weighted by Gasteiger charge is 2.64. The van der Waals surface area contributed by atoms with E-state index in [-0.39, 0.29) is 0 Å². The van der Waals surface area contributed by atoms with Crippen LogP contribution in [0.2, 0.25) is 0 Å². The Labute approximate surface area is 784 Å². The minimum absolute atomic E-state index is 0.838. The molecule has 12 saturated heterocycles. The molecule has 12 rings (SSSR count). The van der Waals surface area contributed by atoms with Gasteiger partial charge in [0.2, 0.25) is 11.8 Å². The minimum Gasteiger partial charge on any atom is -0.394 e. The van der Waals surface area contributed by atoms with Crippen molar-refractivity contribution in [2.45, 2.75) is 382 Å². The first kappa shape index (κ1) is 114. The quantitative estimate of drug-likeness (QED) is 0.0277. The summed E-state index contributed by atoms with van der Waals surface area (Å²) in [5.41, 5.74) is 0. The lowest BCUT2D eigenvalue weighted by Crippen LogP contribution is -2.70. The molecule has 12 aliphatic heterocycles. The van der Waals surface area contributed by atoms with Gasteiger partial charge in [-0.2, -0.15) is 0 Å². The monoisotopic (exact) mass is 2040 g/mol. The van der Waals surface area contributed by atoms with Crippen LogP contribution in [0.25, 0.3) is 0 Å². The van der Waals surface area contributed by atoms with Gasteiger partial charge in [-0.05, 0) is 0 Å². The van der Waals surface area contributed by atoms with E-state index < -0.39 is 459 Å². The lowest BCUT2D eigenvalue weighted by molar-refractivity contribution is -0.409. The van der Waals surface area contributed by atoms with Crippen LogP contribution in [-0.4, -0.2) is 643 Å². The third kappa shape index (κ3) is 24.5. The summed E-state index contributed by atoms with van der Waals surface area (Å²) < 4.78 is 136. The van der Waals surface area contributed by atoms with Crippen LogP contribution in [0.15, 0.2) is 0 Å². The Morgan fingerprint density at radius 3 is 0.712 bits per heavy atom. The first-order valence-electron chi connectivity index (χ1n) is 44.2. The van der Waals surface area contributed by atoms with Crippen molar-refractivity contribution in [2.24, 2.45) is 0 Å². The molecule has 0 aromatic heterocycles. The fourth-order valence-electron chi connectivity index (χ4n) is 17.9. The second-order valence-electron chi connectivity index (χ2n) is 35.2. The number of rotatable bonds is 36. The molecule has 0 spiro atoms. The Morgan fingerprint density at radius 2 is 0.396 bits per heavy atom. The predicted molar refractivity (Wildman–Crippen MR) is 418 cm³/mol. The molecule has 0 bridgehead atoms. The maximum atomic E-state index is 13.2. The summed E-state index contributed by atoms with van der Waals surface area (Å²) >= 11 is 0. The topological polar surface area (TPSA) is 999 Å². The zero-order valence-electron chi connectivity index (χ0n) is 73.4. The molecule has 63 heteroatoms. The summed E-state index contributed by atoms with van der Waals surface area (Å²) in [6.45, 7) is -12.5. The number of nitrogens with one attached hydrogen (secondary N) is 2. The van der Waals surface area contributed by atoms with E-state index in [9.17, 15) is 193 Å². The van der Waals surface area contributed by atoms with Crippen molar-refractivity contribution >= 4 is 11.8 Å². The summed E-state index contributed by atoms with van der Waals surface area (Å²) in [5.74, 6) is -1.86. The van der Waals surface area contributed by atoms with Gasteiger partial charge >= 0.3 is 0 Å². The Hall–Kier alpha value is -3.42. The van der Waals surface area contributed by atoms with Gasteiger partial charge in [0.15, 0.2) is 75.5 Å². The summed E-state index contributed by atoms with van der Waals surface area (Å²) in [6.07, 6.45) is -131. The summed E-state index contributed by atoms with van der Waals surface area (Å²) in [7, 11) is 0. The number of aliphatic hydroxyl groups excluding tert-OH is 36. The third-order valence-electron chi connectivity index (χ3n) is 25.9. The second-order valence-corrected chi connectivity index (χ2v) is 35.2. The minimum atomic E-state index is -2.73. The molecule has 63 nitrogen and oxygen atoms in total. The largest absolute Gasteiger partial charge is 0.394 e. The zero-order chi connectivity index (χ0) is 102. The lowest BCUT2D eigenvalue weighted by Gasteiger charge is -2.51. The molecule has 12 aliphatic rings. The first-order chi connectivity index (χ1) is 65.9. The van der Waals surface area contributed by atoms with Gasteiger partial charge in [-0.15, -0.1) is 0 Å². The van der Waals surface area contributed by atoms with Gasteiger partial charge in [-0.25, -0.2) is 0 Å². The van der Waals surface area contributed by atoms with Gasteiger partial charge in [0.05, 0.1) is 79.3 Å². The second kappa shape index (κ2) is 49.8. The van der Waals surface area contributed by atoms with E-state index in [0.717, 1.165) is 13.8 Å². The summed E-state index contributed by atoms with van der Waals surface area (Å²) in [6, 6.07) is -3.76. The number of ether oxygens (including phenoxy) is 23. The van der Waals surface area contributed by atoms with Crippen LogP contribution in [0.1, 0.15) is 13.8 Å². The van der Waals surface area contributed by atoms with E-state index in [4.69, 9.17) is 109 Å². The number of hydrogen-bond acceptors (Lipinski definition) is 61. The number of carbonyl (C=O) groups is 2. The molecule has 0 unspecified atom stereocenters. The van der Waals surface area contributed by atoms with Crippen LogP contribution in [0.3, 0.4) is 0 Å². The van der Waals surface area contributed by atoms with Crippen molar-refractivity contribution in [3.8, 4) is 0 Å².